The van der Waals surface area contributed by atoms with E-state index in [1.165, 1.54) is 48.8 Å². The highest BCUT2D eigenvalue weighted by Crippen LogP contribution is 2.63. The van der Waals surface area contributed by atoms with Crippen LogP contribution < -0.4 is 0 Å². The number of aryl methyl sites for hydroxylation is 1. The topological polar surface area (TPSA) is 32.7 Å². The van der Waals surface area contributed by atoms with Crippen LogP contribution in [0, 0.1) is 17.3 Å². The molecule has 4 rings (SSSR count). The molecule has 0 radical (unpaired) electrons. The van der Waals surface area contributed by atoms with Gasteiger partial charge in [-0.25, -0.2) is 0 Å². The summed E-state index contributed by atoms with van der Waals surface area (Å²) in [5, 5.41) is 9.87. The van der Waals surface area contributed by atoms with E-state index in [9.17, 15) is 5.11 Å². The zero-order valence-electron chi connectivity index (χ0n) is 18.1. The summed E-state index contributed by atoms with van der Waals surface area (Å²) in [5.41, 5.74) is 6.48. The summed E-state index contributed by atoms with van der Waals surface area (Å²) in [7, 11) is 4.19. The highest BCUT2D eigenvalue weighted by atomic mass is 16.5. The predicted octanol–water partition coefficient (Wildman–Crippen LogP) is 5.14. The number of hydrogen-bond donors (Lipinski definition) is 1. The standard InChI is InChI=1S/C25H37NO2/c1-17(16-28-14-13-26(3)4)23-9-10-24-22-7-5-18-15-19(27)6-8-20(18)21(22)11-12-25(23,24)2/h6,8,15,21-22,24,27H,5,7,9-14,16H2,1-4H3. The molecule has 0 aromatic heterocycles. The van der Waals surface area contributed by atoms with E-state index in [4.69, 9.17) is 4.74 Å². The predicted molar refractivity (Wildman–Crippen MR) is 115 cm³/mol. The zero-order valence-corrected chi connectivity index (χ0v) is 18.1. The molecule has 0 spiro atoms. The van der Waals surface area contributed by atoms with E-state index in [0.29, 0.717) is 17.1 Å². The molecule has 154 valence electrons. The first-order valence-corrected chi connectivity index (χ1v) is 11.1. The van der Waals surface area contributed by atoms with E-state index >= 15 is 0 Å². The summed E-state index contributed by atoms with van der Waals surface area (Å²) < 4.78 is 5.98. The highest BCUT2D eigenvalue weighted by Gasteiger charge is 2.52. The number of nitrogens with zero attached hydrogens (tertiary/aromatic N) is 1. The van der Waals surface area contributed by atoms with Gasteiger partial charge < -0.3 is 14.7 Å². The SMILES string of the molecule is CC(COCCN(C)C)=C1CCC2C3CCc4cc(O)ccc4C3CCC12C. The fourth-order valence-corrected chi connectivity index (χ4v) is 6.64. The third-order valence-electron chi connectivity index (χ3n) is 8.01. The molecule has 28 heavy (non-hydrogen) atoms. The number of fused-ring (bicyclic) bond motifs is 5. The number of ether oxygens (including phenoxy) is 1. The van der Waals surface area contributed by atoms with Crippen molar-refractivity contribution in [1.29, 1.82) is 0 Å². The Kier molecular flexibility index (Phi) is 5.59. The van der Waals surface area contributed by atoms with Crippen LogP contribution in [0.1, 0.15) is 63.0 Å². The molecule has 3 nitrogen and oxygen atoms in total. The Hall–Kier alpha value is -1.32. The Morgan fingerprint density at radius 3 is 2.82 bits per heavy atom. The molecule has 0 aliphatic heterocycles. The Balaban J connectivity index is 1.51. The number of allylic oxidation sites excluding steroid dienone is 1. The van der Waals surface area contributed by atoms with E-state index in [1.807, 2.05) is 12.1 Å². The lowest BCUT2D eigenvalue weighted by molar-refractivity contribution is 0.0792. The van der Waals surface area contributed by atoms with Gasteiger partial charge >= 0.3 is 0 Å². The molecule has 0 heterocycles. The maximum Gasteiger partial charge on any atom is 0.115 e. The highest BCUT2D eigenvalue weighted by molar-refractivity contribution is 5.41. The van der Waals surface area contributed by atoms with Gasteiger partial charge in [0.05, 0.1) is 13.2 Å². The minimum atomic E-state index is 0.366. The second-order valence-corrected chi connectivity index (χ2v) is 9.91. The molecule has 1 aromatic carbocycles. The molecule has 2 saturated carbocycles. The second kappa shape index (κ2) is 7.84. The van der Waals surface area contributed by atoms with Crippen molar-refractivity contribution in [3.63, 3.8) is 0 Å². The third-order valence-corrected chi connectivity index (χ3v) is 8.01. The van der Waals surface area contributed by atoms with Crippen molar-refractivity contribution < 1.29 is 9.84 Å². The van der Waals surface area contributed by atoms with Crippen LogP contribution in [0.3, 0.4) is 0 Å². The normalized spacial score (nSPS) is 33.4. The van der Waals surface area contributed by atoms with E-state index in [0.717, 1.165) is 38.0 Å². The summed E-state index contributed by atoms with van der Waals surface area (Å²) in [6.07, 6.45) is 7.60. The summed E-state index contributed by atoms with van der Waals surface area (Å²) in [6.45, 7) is 7.45. The van der Waals surface area contributed by atoms with Gasteiger partial charge in [0.15, 0.2) is 0 Å². The minimum absolute atomic E-state index is 0.366. The molecule has 1 N–H and O–H groups in total. The average Bonchev–Trinajstić information content (AvgIpc) is 3.01. The van der Waals surface area contributed by atoms with Gasteiger partial charge in [-0.1, -0.05) is 18.6 Å². The summed E-state index contributed by atoms with van der Waals surface area (Å²) in [6, 6.07) is 6.11. The quantitative estimate of drug-likeness (QED) is 0.564. The Labute approximate surface area is 170 Å². The lowest BCUT2D eigenvalue weighted by Gasteiger charge is -2.50. The van der Waals surface area contributed by atoms with Gasteiger partial charge in [0.25, 0.3) is 0 Å². The molecule has 3 aliphatic carbocycles. The first kappa shape index (κ1) is 20.0. The first-order valence-electron chi connectivity index (χ1n) is 11.1. The van der Waals surface area contributed by atoms with Gasteiger partial charge in [0.2, 0.25) is 0 Å². The number of likely N-dealkylation sites (N-methyl/N-ethyl adjacent to an activating group) is 1. The van der Waals surface area contributed by atoms with Crippen molar-refractivity contribution in [2.75, 3.05) is 33.9 Å². The van der Waals surface area contributed by atoms with Crippen LogP contribution in [0.4, 0.5) is 0 Å². The van der Waals surface area contributed by atoms with Gasteiger partial charge in [-0.05, 0) is 112 Å². The zero-order chi connectivity index (χ0) is 19.9. The Morgan fingerprint density at radius 2 is 2.04 bits per heavy atom. The molecular weight excluding hydrogens is 346 g/mol. The number of hydrogen-bond acceptors (Lipinski definition) is 3. The molecule has 3 heteroatoms. The third kappa shape index (κ3) is 3.52. The largest absolute Gasteiger partial charge is 0.508 e. The smallest absolute Gasteiger partial charge is 0.115 e. The minimum Gasteiger partial charge on any atom is -0.508 e. The van der Waals surface area contributed by atoms with Crippen LogP contribution in [-0.4, -0.2) is 43.9 Å². The summed E-state index contributed by atoms with van der Waals surface area (Å²) >= 11 is 0. The Morgan fingerprint density at radius 1 is 1.21 bits per heavy atom. The average molecular weight is 384 g/mol. The number of rotatable bonds is 5. The van der Waals surface area contributed by atoms with E-state index in [2.05, 4.69) is 38.9 Å². The molecule has 0 amide bonds. The van der Waals surface area contributed by atoms with E-state index in [-0.39, 0.29) is 0 Å². The van der Waals surface area contributed by atoms with Crippen LogP contribution in [0.25, 0.3) is 0 Å². The van der Waals surface area contributed by atoms with Gasteiger partial charge in [-0.15, -0.1) is 0 Å². The molecule has 4 unspecified atom stereocenters. The van der Waals surface area contributed by atoms with Crippen molar-refractivity contribution in [3.05, 3.63) is 40.5 Å². The van der Waals surface area contributed by atoms with Gasteiger partial charge in [0.1, 0.15) is 5.75 Å². The monoisotopic (exact) mass is 383 g/mol. The molecule has 4 atom stereocenters. The van der Waals surface area contributed by atoms with Crippen molar-refractivity contribution in [2.45, 2.75) is 58.3 Å². The van der Waals surface area contributed by atoms with E-state index in [1.54, 1.807) is 5.57 Å². The number of phenolic OH excluding ortho intramolecular Hbond substituents is 1. The molecule has 2 fully saturated rings. The number of phenols is 1. The fourth-order valence-electron chi connectivity index (χ4n) is 6.64. The Bertz CT molecular complexity index is 753. The van der Waals surface area contributed by atoms with Crippen molar-refractivity contribution in [1.82, 2.24) is 4.90 Å². The van der Waals surface area contributed by atoms with Crippen LogP contribution in [0.2, 0.25) is 0 Å². The molecule has 3 aliphatic rings. The van der Waals surface area contributed by atoms with Gasteiger partial charge in [-0.2, -0.15) is 0 Å². The van der Waals surface area contributed by atoms with Crippen LogP contribution in [0.5, 0.6) is 5.75 Å². The van der Waals surface area contributed by atoms with Gasteiger partial charge in [-0.3, -0.25) is 0 Å². The van der Waals surface area contributed by atoms with Crippen LogP contribution >= 0.6 is 0 Å². The van der Waals surface area contributed by atoms with Crippen LogP contribution in [0.15, 0.2) is 29.3 Å². The summed E-state index contributed by atoms with van der Waals surface area (Å²) in [4.78, 5) is 2.18. The lowest BCUT2D eigenvalue weighted by Crippen LogP contribution is -2.40. The van der Waals surface area contributed by atoms with E-state index < -0.39 is 0 Å². The maximum absolute atomic E-state index is 9.87. The maximum atomic E-state index is 9.87. The molecule has 0 bridgehead atoms. The van der Waals surface area contributed by atoms with Crippen LogP contribution in [-0.2, 0) is 11.2 Å². The second-order valence-electron chi connectivity index (χ2n) is 9.91. The number of benzene rings is 1. The molecule has 1 aromatic rings. The lowest BCUT2D eigenvalue weighted by atomic mass is 9.55. The fraction of sp³-hybridized carbons (Fsp3) is 0.680. The van der Waals surface area contributed by atoms with Gasteiger partial charge in [0, 0.05) is 6.54 Å². The first-order chi connectivity index (χ1) is 13.4. The number of aromatic hydroxyl groups is 1. The molecular formula is C25H37NO2. The van der Waals surface area contributed by atoms with Crippen molar-refractivity contribution >= 4 is 0 Å². The van der Waals surface area contributed by atoms with Crippen molar-refractivity contribution in [3.8, 4) is 5.75 Å². The summed E-state index contributed by atoms with van der Waals surface area (Å²) in [5.74, 6) is 2.72. The molecule has 0 saturated heterocycles. The van der Waals surface area contributed by atoms with Crippen molar-refractivity contribution in [2.24, 2.45) is 17.3 Å².